The third-order valence-corrected chi connectivity index (χ3v) is 5.79. The van der Waals surface area contributed by atoms with Crippen LogP contribution in [0.4, 0.5) is 10.6 Å². The summed E-state index contributed by atoms with van der Waals surface area (Å²) in [6.45, 7) is 4.67. The van der Waals surface area contributed by atoms with Gasteiger partial charge in [-0.3, -0.25) is 9.89 Å². The Labute approximate surface area is 169 Å². The Morgan fingerprint density at radius 3 is 2.93 bits per heavy atom. The van der Waals surface area contributed by atoms with Crippen molar-refractivity contribution in [3.63, 3.8) is 0 Å². The highest BCUT2D eigenvalue weighted by molar-refractivity contribution is 5.90. The maximum atomic E-state index is 12.3. The van der Waals surface area contributed by atoms with Crippen LogP contribution in [-0.2, 0) is 16.0 Å². The van der Waals surface area contributed by atoms with Crippen LogP contribution in [0.1, 0.15) is 62.3 Å². The first kappa shape index (κ1) is 19.5. The zero-order chi connectivity index (χ0) is 20.4. The fraction of sp³-hybridized carbons (Fsp3) is 0.600. The highest BCUT2D eigenvalue weighted by atomic mass is 16.6. The second kappa shape index (κ2) is 8.26. The number of aromatic nitrogens is 3. The number of nitrogens with one attached hydrogen (secondary N) is 2. The number of hydrogen-bond donors (Lipinski definition) is 2. The number of hydrogen-bond acceptors (Lipinski definition) is 6. The van der Waals surface area contributed by atoms with E-state index in [1.165, 1.54) is 0 Å². The molecule has 0 spiro atoms. The summed E-state index contributed by atoms with van der Waals surface area (Å²) in [6.07, 6.45) is 5.95. The molecule has 0 aromatic carbocycles. The first-order chi connectivity index (χ1) is 14.0. The summed E-state index contributed by atoms with van der Waals surface area (Å²) in [5.74, 6) is 1.52. The van der Waals surface area contributed by atoms with Gasteiger partial charge in [-0.05, 0) is 39.0 Å². The maximum absolute atomic E-state index is 12.3. The van der Waals surface area contributed by atoms with Gasteiger partial charge in [0, 0.05) is 30.3 Å². The van der Waals surface area contributed by atoms with E-state index in [0.717, 1.165) is 44.3 Å². The van der Waals surface area contributed by atoms with Gasteiger partial charge in [-0.15, -0.1) is 0 Å². The molecule has 2 fully saturated rings. The van der Waals surface area contributed by atoms with E-state index in [1.807, 2.05) is 11.0 Å². The zero-order valence-electron chi connectivity index (χ0n) is 16.8. The first-order valence-electron chi connectivity index (χ1n) is 10.3. The largest absolute Gasteiger partial charge is 0.446 e. The Morgan fingerprint density at radius 2 is 2.24 bits per heavy atom. The molecule has 1 saturated carbocycles. The fourth-order valence-electron chi connectivity index (χ4n) is 4.06. The number of aryl methyl sites for hydroxylation is 1. The topological polar surface area (TPSA) is 113 Å². The van der Waals surface area contributed by atoms with Gasteiger partial charge in [0.2, 0.25) is 11.8 Å². The summed E-state index contributed by atoms with van der Waals surface area (Å²) in [4.78, 5) is 30.3. The van der Waals surface area contributed by atoms with Crippen molar-refractivity contribution in [2.45, 2.75) is 70.4 Å². The van der Waals surface area contributed by atoms with Crippen molar-refractivity contribution in [2.75, 3.05) is 11.9 Å². The van der Waals surface area contributed by atoms with Crippen molar-refractivity contribution in [3.05, 3.63) is 29.6 Å². The number of ether oxygens (including phenoxy) is 1. The van der Waals surface area contributed by atoms with E-state index in [1.54, 1.807) is 13.1 Å². The van der Waals surface area contributed by atoms with E-state index in [4.69, 9.17) is 9.15 Å². The molecular weight excluding hydrogens is 374 g/mol. The maximum Gasteiger partial charge on any atom is 0.410 e. The van der Waals surface area contributed by atoms with Crippen LogP contribution in [0.5, 0.6) is 0 Å². The molecule has 2 aromatic rings. The van der Waals surface area contributed by atoms with E-state index >= 15 is 0 Å². The molecule has 2 aromatic heterocycles. The molecule has 2 N–H and O–H groups in total. The van der Waals surface area contributed by atoms with E-state index < -0.39 is 0 Å². The van der Waals surface area contributed by atoms with Crippen molar-refractivity contribution < 1.29 is 18.7 Å². The Hall–Kier alpha value is -2.84. The minimum atomic E-state index is -0.233. The summed E-state index contributed by atoms with van der Waals surface area (Å²) >= 11 is 0. The second-order valence-corrected chi connectivity index (χ2v) is 7.86. The summed E-state index contributed by atoms with van der Waals surface area (Å²) in [5, 5.41) is 9.94. The molecule has 29 heavy (non-hydrogen) atoms. The van der Waals surface area contributed by atoms with Crippen molar-refractivity contribution in [3.8, 4) is 0 Å². The average Bonchev–Trinajstić information content (AvgIpc) is 3.36. The van der Waals surface area contributed by atoms with E-state index in [0.29, 0.717) is 23.5 Å². The molecule has 2 aliphatic rings. The van der Waals surface area contributed by atoms with Crippen LogP contribution >= 0.6 is 0 Å². The fourth-order valence-corrected chi connectivity index (χ4v) is 4.06. The predicted octanol–water partition coefficient (Wildman–Crippen LogP) is 3.14. The second-order valence-electron chi connectivity index (χ2n) is 7.86. The third kappa shape index (κ3) is 4.44. The number of amides is 2. The predicted molar refractivity (Wildman–Crippen MR) is 104 cm³/mol. The number of nitrogens with zero attached hydrogens (tertiary/aromatic N) is 3. The summed E-state index contributed by atoms with van der Waals surface area (Å²) in [6, 6.07) is 2.18. The summed E-state index contributed by atoms with van der Waals surface area (Å²) in [5.41, 5.74) is 0.946. The van der Waals surface area contributed by atoms with Crippen molar-refractivity contribution in [1.29, 1.82) is 0 Å². The van der Waals surface area contributed by atoms with Gasteiger partial charge < -0.3 is 19.4 Å². The lowest BCUT2D eigenvalue weighted by Gasteiger charge is -2.40. The van der Waals surface area contributed by atoms with Gasteiger partial charge in [0.1, 0.15) is 18.3 Å². The number of aromatic amines is 1. The Kier molecular flexibility index (Phi) is 5.55. The van der Waals surface area contributed by atoms with Gasteiger partial charge in [0.05, 0.1) is 6.20 Å². The van der Waals surface area contributed by atoms with Crippen LogP contribution in [0, 0.1) is 6.92 Å². The highest BCUT2D eigenvalue weighted by Crippen LogP contribution is 2.36. The smallest absolute Gasteiger partial charge is 0.410 e. The molecule has 1 saturated heterocycles. The number of likely N-dealkylation sites (tertiary alicyclic amines) is 1. The van der Waals surface area contributed by atoms with Gasteiger partial charge in [-0.25, -0.2) is 9.78 Å². The van der Waals surface area contributed by atoms with Crippen LogP contribution in [-0.4, -0.2) is 50.8 Å². The lowest BCUT2D eigenvalue weighted by atomic mass is 10.0. The molecular formula is C20H27N5O4. The van der Waals surface area contributed by atoms with Crippen LogP contribution in [0.25, 0.3) is 0 Å². The quantitative estimate of drug-likeness (QED) is 0.769. The standard InChI is InChI=1S/C20H27N5O4/c1-3-14-6-7-25(14)20(27)29-15-5-4-13(8-15)16-9-17(24-23-16)22-18(26)10-19-21-11-12(2)28-19/h9,11,13-15H,3-8,10H2,1-2H3,(H2,22,23,24,26)/t13-,14?,15+/m0/s1. The molecule has 4 rings (SSSR count). The number of rotatable bonds is 6. The minimum absolute atomic E-state index is 0.0622. The summed E-state index contributed by atoms with van der Waals surface area (Å²) in [7, 11) is 0. The third-order valence-electron chi connectivity index (χ3n) is 5.79. The van der Waals surface area contributed by atoms with E-state index in [2.05, 4.69) is 27.4 Å². The highest BCUT2D eigenvalue weighted by Gasteiger charge is 2.35. The molecule has 1 aliphatic heterocycles. The van der Waals surface area contributed by atoms with E-state index in [-0.39, 0.29) is 30.4 Å². The zero-order valence-corrected chi connectivity index (χ0v) is 16.8. The molecule has 2 amide bonds. The van der Waals surface area contributed by atoms with Gasteiger partial charge >= 0.3 is 6.09 Å². The van der Waals surface area contributed by atoms with Gasteiger partial charge in [0.25, 0.3) is 0 Å². The Balaban J connectivity index is 1.26. The SMILES string of the molecule is CCC1CCN1C(=O)O[C@@H]1CC[C@H](c2cc(NC(=O)Cc3ncc(C)o3)n[nH]2)C1. The molecule has 0 radical (unpaired) electrons. The van der Waals surface area contributed by atoms with Crippen LogP contribution in [0.2, 0.25) is 0 Å². The van der Waals surface area contributed by atoms with Crippen molar-refractivity contribution in [2.24, 2.45) is 0 Å². The normalized spacial score (nSPS) is 23.7. The number of carbonyl (C=O) groups is 2. The van der Waals surface area contributed by atoms with Crippen molar-refractivity contribution >= 4 is 17.8 Å². The molecule has 3 heterocycles. The lowest BCUT2D eigenvalue weighted by molar-refractivity contribution is -0.115. The molecule has 1 unspecified atom stereocenters. The monoisotopic (exact) mass is 401 g/mol. The Morgan fingerprint density at radius 1 is 1.38 bits per heavy atom. The van der Waals surface area contributed by atoms with Crippen molar-refractivity contribution in [1.82, 2.24) is 20.1 Å². The molecule has 3 atom stereocenters. The van der Waals surface area contributed by atoms with E-state index in [9.17, 15) is 9.59 Å². The number of oxazole rings is 1. The number of carbonyl (C=O) groups excluding carboxylic acids is 2. The minimum Gasteiger partial charge on any atom is -0.446 e. The van der Waals surface area contributed by atoms with Gasteiger partial charge in [0.15, 0.2) is 5.82 Å². The molecule has 9 nitrogen and oxygen atoms in total. The molecule has 9 heteroatoms. The average molecular weight is 401 g/mol. The number of anilines is 1. The first-order valence-corrected chi connectivity index (χ1v) is 10.3. The van der Waals surface area contributed by atoms with Gasteiger partial charge in [-0.2, -0.15) is 5.10 Å². The van der Waals surface area contributed by atoms with Crippen LogP contribution in [0.15, 0.2) is 16.7 Å². The van der Waals surface area contributed by atoms with Gasteiger partial charge in [-0.1, -0.05) is 6.92 Å². The number of H-pyrrole nitrogens is 1. The molecule has 156 valence electrons. The lowest BCUT2D eigenvalue weighted by Crippen LogP contribution is -2.51. The Bertz CT molecular complexity index is 874. The molecule has 1 aliphatic carbocycles. The van der Waals surface area contributed by atoms with Crippen LogP contribution < -0.4 is 5.32 Å². The summed E-state index contributed by atoms with van der Waals surface area (Å²) < 4.78 is 11.0. The van der Waals surface area contributed by atoms with Crippen LogP contribution in [0.3, 0.4) is 0 Å². The molecule has 0 bridgehead atoms.